The summed E-state index contributed by atoms with van der Waals surface area (Å²) in [6.45, 7) is 2.50. The van der Waals surface area contributed by atoms with Crippen LogP contribution in [0.25, 0.3) is 0 Å². The highest BCUT2D eigenvalue weighted by Gasteiger charge is 2.30. The van der Waals surface area contributed by atoms with E-state index in [0.717, 1.165) is 18.4 Å². The largest absolute Gasteiger partial charge is 0.332 e. The monoisotopic (exact) mass is 373 g/mol. The zero-order valence-corrected chi connectivity index (χ0v) is 15.6. The van der Waals surface area contributed by atoms with Crippen LogP contribution < -0.4 is 4.72 Å². The SMILES string of the molecule is CCCS(=O)(=O)Nc1cccc(C(=O)N2CCCC2c2ccncc2)c1. The van der Waals surface area contributed by atoms with Gasteiger partial charge in [-0.2, -0.15) is 0 Å². The van der Waals surface area contributed by atoms with Crippen LogP contribution in [-0.4, -0.2) is 36.5 Å². The van der Waals surface area contributed by atoms with E-state index in [1.807, 2.05) is 24.0 Å². The molecule has 26 heavy (non-hydrogen) atoms. The maximum Gasteiger partial charge on any atom is 0.254 e. The summed E-state index contributed by atoms with van der Waals surface area (Å²) < 4.78 is 26.5. The van der Waals surface area contributed by atoms with Crippen LogP contribution in [-0.2, 0) is 10.0 Å². The standard InChI is InChI=1S/C19H23N3O3S/c1-2-13-26(24,25)21-17-6-3-5-16(14-17)19(23)22-12-4-7-18(22)15-8-10-20-11-9-15/h3,5-6,8-11,14,18,21H,2,4,7,12-13H2,1H3. The van der Waals surface area contributed by atoms with Crippen molar-refractivity contribution in [2.45, 2.75) is 32.2 Å². The summed E-state index contributed by atoms with van der Waals surface area (Å²) in [6, 6.07) is 10.6. The predicted octanol–water partition coefficient (Wildman–Crippen LogP) is 3.21. The third-order valence-corrected chi connectivity index (χ3v) is 5.95. The molecule has 1 aliphatic heterocycles. The Hall–Kier alpha value is -2.41. The summed E-state index contributed by atoms with van der Waals surface area (Å²) in [5.41, 5.74) is 1.98. The molecule has 0 spiro atoms. The molecule has 1 N–H and O–H groups in total. The average molecular weight is 373 g/mol. The summed E-state index contributed by atoms with van der Waals surface area (Å²) in [5, 5.41) is 0. The number of rotatable bonds is 6. The fraction of sp³-hybridized carbons (Fsp3) is 0.368. The second-order valence-electron chi connectivity index (χ2n) is 6.44. The fourth-order valence-electron chi connectivity index (χ4n) is 3.32. The lowest BCUT2D eigenvalue weighted by Crippen LogP contribution is -2.30. The van der Waals surface area contributed by atoms with Gasteiger partial charge in [0.15, 0.2) is 0 Å². The van der Waals surface area contributed by atoms with Crippen LogP contribution in [0.15, 0.2) is 48.8 Å². The zero-order valence-electron chi connectivity index (χ0n) is 14.8. The first-order valence-corrected chi connectivity index (χ1v) is 10.5. The second-order valence-corrected chi connectivity index (χ2v) is 8.28. The molecule has 6 nitrogen and oxygen atoms in total. The molecule has 1 atom stereocenters. The van der Waals surface area contributed by atoms with Crippen LogP contribution in [0, 0.1) is 0 Å². The number of benzene rings is 1. The quantitative estimate of drug-likeness (QED) is 0.843. The number of carbonyl (C=O) groups is 1. The van der Waals surface area contributed by atoms with Gasteiger partial charge in [-0.25, -0.2) is 8.42 Å². The molecule has 0 bridgehead atoms. The minimum Gasteiger partial charge on any atom is -0.332 e. The van der Waals surface area contributed by atoms with Gasteiger partial charge in [0.2, 0.25) is 10.0 Å². The molecule has 1 unspecified atom stereocenters. The van der Waals surface area contributed by atoms with Crippen LogP contribution >= 0.6 is 0 Å². The number of hydrogen-bond acceptors (Lipinski definition) is 4. The smallest absolute Gasteiger partial charge is 0.254 e. The van der Waals surface area contributed by atoms with Crippen LogP contribution in [0.1, 0.15) is 48.1 Å². The molecule has 0 aliphatic carbocycles. The van der Waals surface area contributed by atoms with Crippen LogP contribution in [0.2, 0.25) is 0 Å². The van der Waals surface area contributed by atoms with Gasteiger partial charge in [0.05, 0.1) is 11.8 Å². The molecule has 2 heterocycles. The number of aromatic nitrogens is 1. The highest BCUT2D eigenvalue weighted by molar-refractivity contribution is 7.92. The summed E-state index contributed by atoms with van der Waals surface area (Å²) >= 11 is 0. The van der Waals surface area contributed by atoms with Gasteiger partial charge in [-0.3, -0.25) is 14.5 Å². The minimum atomic E-state index is -3.38. The number of nitrogens with one attached hydrogen (secondary N) is 1. The lowest BCUT2D eigenvalue weighted by atomic mass is 10.1. The Bertz CT molecular complexity index is 869. The number of hydrogen-bond donors (Lipinski definition) is 1. The summed E-state index contributed by atoms with van der Waals surface area (Å²) in [5.74, 6) is -0.0256. The maximum absolute atomic E-state index is 13.0. The van der Waals surface area contributed by atoms with Gasteiger partial charge in [-0.1, -0.05) is 13.0 Å². The van der Waals surface area contributed by atoms with Gasteiger partial charge in [0, 0.05) is 30.2 Å². The molecule has 3 rings (SSSR count). The van der Waals surface area contributed by atoms with Crippen molar-refractivity contribution in [1.82, 2.24) is 9.88 Å². The van der Waals surface area contributed by atoms with Gasteiger partial charge in [-0.15, -0.1) is 0 Å². The number of amides is 1. The fourth-order valence-corrected chi connectivity index (χ4v) is 4.45. The third kappa shape index (κ3) is 4.22. The molecule has 1 aromatic heterocycles. The topological polar surface area (TPSA) is 79.4 Å². The van der Waals surface area contributed by atoms with Crippen molar-refractivity contribution in [3.63, 3.8) is 0 Å². The molecular formula is C19H23N3O3S. The number of nitrogens with zero attached hydrogens (tertiary/aromatic N) is 2. The van der Waals surface area contributed by atoms with E-state index >= 15 is 0 Å². The van der Waals surface area contributed by atoms with E-state index < -0.39 is 10.0 Å². The van der Waals surface area contributed by atoms with Crippen LogP contribution in [0.3, 0.4) is 0 Å². The van der Waals surface area contributed by atoms with Crippen molar-refractivity contribution in [1.29, 1.82) is 0 Å². The lowest BCUT2D eigenvalue weighted by molar-refractivity contribution is 0.0735. The van der Waals surface area contributed by atoms with E-state index in [1.54, 1.807) is 36.7 Å². The number of pyridine rings is 1. The number of carbonyl (C=O) groups excluding carboxylic acids is 1. The van der Waals surface area contributed by atoms with Crippen molar-refractivity contribution >= 4 is 21.6 Å². The Morgan fingerprint density at radius 2 is 2.04 bits per heavy atom. The normalized spacial score (nSPS) is 17.3. The predicted molar refractivity (Wildman–Crippen MR) is 101 cm³/mol. The van der Waals surface area contributed by atoms with E-state index in [9.17, 15) is 13.2 Å². The second kappa shape index (κ2) is 7.86. The van der Waals surface area contributed by atoms with Gasteiger partial charge in [0.1, 0.15) is 0 Å². The molecular weight excluding hydrogens is 350 g/mol. The van der Waals surface area contributed by atoms with E-state index in [2.05, 4.69) is 9.71 Å². The van der Waals surface area contributed by atoms with Gasteiger partial charge >= 0.3 is 0 Å². The molecule has 1 saturated heterocycles. The lowest BCUT2D eigenvalue weighted by Gasteiger charge is -2.25. The molecule has 0 saturated carbocycles. The van der Waals surface area contributed by atoms with Crippen molar-refractivity contribution in [3.8, 4) is 0 Å². The van der Waals surface area contributed by atoms with Crippen molar-refractivity contribution < 1.29 is 13.2 Å². The van der Waals surface area contributed by atoms with Gasteiger partial charge < -0.3 is 4.90 Å². The molecule has 0 radical (unpaired) electrons. The number of anilines is 1. The van der Waals surface area contributed by atoms with Crippen LogP contribution in [0.4, 0.5) is 5.69 Å². The molecule has 7 heteroatoms. The molecule has 1 aromatic carbocycles. The minimum absolute atomic E-state index is 0.0333. The zero-order chi connectivity index (χ0) is 18.6. The van der Waals surface area contributed by atoms with Crippen molar-refractivity contribution in [3.05, 3.63) is 59.9 Å². The Labute approximate surface area is 154 Å². The molecule has 2 aromatic rings. The molecule has 138 valence electrons. The van der Waals surface area contributed by atoms with Gasteiger partial charge in [0.25, 0.3) is 5.91 Å². The van der Waals surface area contributed by atoms with Crippen LogP contribution in [0.5, 0.6) is 0 Å². The highest BCUT2D eigenvalue weighted by Crippen LogP contribution is 2.33. The van der Waals surface area contributed by atoms with E-state index in [4.69, 9.17) is 0 Å². The Morgan fingerprint density at radius 1 is 1.27 bits per heavy atom. The molecule has 1 fully saturated rings. The molecule has 1 aliphatic rings. The van der Waals surface area contributed by atoms with Crippen molar-refractivity contribution in [2.75, 3.05) is 17.0 Å². The first-order valence-electron chi connectivity index (χ1n) is 8.81. The maximum atomic E-state index is 13.0. The van der Waals surface area contributed by atoms with E-state index in [0.29, 0.717) is 24.2 Å². The third-order valence-electron chi connectivity index (χ3n) is 4.46. The average Bonchev–Trinajstić information content (AvgIpc) is 3.11. The number of sulfonamides is 1. The first-order chi connectivity index (χ1) is 12.5. The summed E-state index contributed by atoms with van der Waals surface area (Å²) in [6.07, 6.45) is 5.87. The summed E-state index contributed by atoms with van der Waals surface area (Å²) in [4.78, 5) is 18.9. The molecule has 1 amide bonds. The summed E-state index contributed by atoms with van der Waals surface area (Å²) in [7, 11) is -3.38. The Kier molecular flexibility index (Phi) is 5.56. The number of likely N-dealkylation sites (tertiary alicyclic amines) is 1. The first kappa shape index (κ1) is 18.4. The van der Waals surface area contributed by atoms with Crippen molar-refractivity contribution in [2.24, 2.45) is 0 Å². The Morgan fingerprint density at radius 3 is 2.77 bits per heavy atom. The van der Waals surface area contributed by atoms with E-state index in [-0.39, 0.29) is 17.7 Å². The van der Waals surface area contributed by atoms with E-state index in [1.165, 1.54) is 0 Å². The van der Waals surface area contributed by atoms with Gasteiger partial charge in [-0.05, 0) is 55.2 Å². The Balaban J connectivity index is 1.80. The highest BCUT2D eigenvalue weighted by atomic mass is 32.2.